The second-order valence-electron chi connectivity index (χ2n) is 22.1. The summed E-state index contributed by atoms with van der Waals surface area (Å²) in [5.74, 6) is 3.28. The van der Waals surface area contributed by atoms with Gasteiger partial charge in [0.25, 0.3) is 5.75 Å². The van der Waals surface area contributed by atoms with Crippen LogP contribution in [0.1, 0.15) is 156 Å². The smallest absolute Gasteiger partial charge is 0.309 e. The molecular weight excluding hydrogens is 861 g/mol. The molecule has 4 aromatic rings. The van der Waals surface area contributed by atoms with E-state index in [0.29, 0.717) is 35.9 Å². The lowest BCUT2D eigenvalue weighted by Gasteiger charge is -2.38. The topological polar surface area (TPSA) is 111 Å². The highest BCUT2D eigenvalue weighted by atomic mass is 16.5. The van der Waals surface area contributed by atoms with Crippen LogP contribution in [-0.4, -0.2) is 83.6 Å². The van der Waals surface area contributed by atoms with Crippen LogP contribution in [0.25, 0.3) is 21.5 Å². The first-order valence-electron chi connectivity index (χ1n) is 27.0. The molecule has 69 heavy (non-hydrogen) atoms. The van der Waals surface area contributed by atoms with Crippen LogP contribution in [0.5, 0.6) is 11.5 Å². The van der Waals surface area contributed by atoms with E-state index < -0.39 is 0 Å². The van der Waals surface area contributed by atoms with Crippen LogP contribution in [0, 0.1) is 34.5 Å². The van der Waals surface area contributed by atoms with E-state index in [1.165, 1.54) is 65.8 Å². The molecule has 380 valence electrons. The van der Waals surface area contributed by atoms with E-state index in [1.807, 2.05) is 32.0 Å². The molecule has 9 heteroatoms. The van der Waals surface area contributed by atoms with Crippen molar-refractivity contribution < 1.29 is 34.0 Å². The lowest BCUT2D eigenvalue weighted by atomic mass is 9.69. The molecule has 2 aliphatic heterocycles. The van der Waals surface area contributed by atoms with Gasteiger partial charge in [0.2, 0.25) is 0 Å². The van der Waals surface area contributed by atoms with Gasteiger partial charge in [-0.15, -0.1) is 0 Å². The minimum atomic E-state index is -0.0379. The van der Waals surface area contributed by atoms with E-state index in [4.69, 9.17) is 19.3 Å². The van der Waals surface area contributed by atoms with Gasteiger partial charge in [0.05, 0.1) is 37.3 Å². The minimum absolute atomic E-state index is 0.00564. The zero-order valence-electron chi connectivity index (χ0n) is 43.8. The summed E-state index contributed by atoms with van der Waals surface area (Å²) >= 11 is 0. The van der Waals surface area contributed by atoms with Gasteiger partial charge in [0.15, 0.2) is 0 Å². The molecule has 4 fully saturated rings. The van der Waals surface area contributed by atoms with Gasteiger partial charge < -0.3 is 24.4 Å². The van der Waals surface area contributed by atoms with Crippen molar-refractivity contribution in [3.05, 3.63) is 83.9 Å². The monoisotopic (exact) mass is 950 g/mol. The largest absolute Gasteiger partial charge is 0.593 e. The lowest BCUT2D eigenvalue weighted by molar-refractivity contribution is -0.150. The molecule has 8 rings (SSSR count). The molecule has 0 amide bonds. The third-order valence-electron chi connectivity index (χ3n) is 16.7. The highest BCUT2D eigenvalue weighted by Gasteiger charge is 2.33. The predicted molar refractivity (Wildman–Crippen MR) is 283 cm³/mol. The molecule has 2 heterocycles. The number of carbonyl (C=O) groups is 2. The molecular formula is C60H89N2O7+. The maximum atomic E-state index is 12.0. The number of likely N-dealkylation sites (tertiary alicyclic amines) is 2. The maximum absolute atomic E-state index is 12.0. The number of rotatable bonds is 14. The van der Waals surface area contributed by atoms with Gasteiger partial charge in [0.1, 0.15) is 5.75 Å². The molecule has 9 nitrogen and oxygen atoms in total. The Bertz CT molecular complexity index is 2210. The third-order valence-corrected chi connectivity index (χ3v) is 16.7. The number of ether oxygens (including phenoxy) is 3. The van der Waals surface area contributed by atoms with Gasteiger partial charge in [-0.25, -0.2) is 0 Å². The van der Waals surface area contributed by atoms with Crippen molar-refractivity contribution in [3.8, 4) is 11.5 Å². The molecule has 3 N–H and O–H groups in total. The van der Waals surface area contributed by atoms with E-state index >= 15 is 0 Å². The fraction of sp³-hybridized carbons (Fsp3) is 0.633. The average Bonchev–Trinajstić information content (AvgIpc) is 3.35. The molecule has 0 aromatic heterocycles. The summed E-state index contributed by atoms with van der Waals surface area (Å²) in [5, 5.41) is 21.8. The summed E-state index contributed by atoms with van der Waals surface area (Å²) < 4.78 is 16.7. The first kappa shape index (κ1) is 54.2. The average molecular weight is 950 g/mol. The molecule has 2 saturated carbocycles. The molecule has 0 spiro atoms. The SMILES string of the molecule is CCC(C)(C)C1CCC(O)CC1.CCOC(=O)C1CCN(Cc2ccc3cc(OC4CCC(C(C)(C)CC)CC4)ccc3c2)CC1.CCOC(=O)C1CCN(Cc2ccc3cc([OH2+])ccc3c2)CC1. The Kier molecular flexibility index (Phi) is 20.2. The Labute approximate surface area is 415 Å². The molecule has 0 radical (unpaired) electrons. The van der Waals surface area contributed by atoms with Crippen molar-refractivity contribution in [2.45, 2.75) is 171 Å². The Hall–Kier alpha value is -4.18. The van der Waals surface area contributed by atoms with Gasteiger partial charge in [-0.2, -0.15) is 0 Å². The number of fused-ring (bicyclic) bond motifs is 2. The van der Waals surface area contributed by atoms with Crippen molar-refractivity contribution in [1.82, 2.24) is 9.80 Å². The lowest BCUT2D eigenvalue weighted by Crippen LogP contribution is -2.36. The first-order valence-corrected chi connectivity index (χ1v) is 27.0. The molecule has 0 bridgehead atoms. The summed E-state index contributed by atoms with van der Waals surface area (Å²) in [6.07, 6.45) is 15.8. The Balaban J connectivity index is 0.000000191. The summed E-state index contributed by atoms with van der Waals surface area (Å²) in [4.78, 5) is 28.6. The van der Waals surface area contributed by atoms with Crippen LogP contribution in [0.15, 0.2) is 72.8 Å². The van der Waals surface area contributed by atoms with Crippen LogP contribution in [0.3, 0.4) is 0 Å². The zero-order chi connectivity index (χ0) is 49.6. The molecule has 2 aliphatic carbocycles. The normalized spacial score (nSPS) is 22.2. The number of aliphatic hydroxyl groups is 1. The molecule has 0 atom stereocenters. The Morgan fingerprint density at radius 2 is 0.957 bits per heavy atom. The highest BCUT2D eigenvalue weighted by Crippen LogP contribution is 2.42. The van der Waals surface area contributed by atoms with Crippen LogP contribution in [0.2, 0.25) is 0 Å². The van der Waals surface area contributed by atoms with Crippen LogP contribution < -0.4 is 4.74 Å². The summed E-state index contributed by atoms with van der Waals surface area (Å²) in [6.45, 7) is 24.4. The van der Waals surface area contributed by atoms with Crippen molar-refractivity contribution in [2.24, 2.45) is 34.5 Å². The van der Waals surface area contributed by atoms with E-state index in [-0.39, 0.29) is 29.9 Å². The summed E-state index contributed by atoms with van der Waals surface area (Å²) in [5.41, 5.74) is 3.54. The van der Waals surface area contributed by atoms with Gasteiger partial charge in [-0.3, -0.25) is 19.4 Å². The van der Waals surface area contributed by atoms with Crippen molar-refractivity contribution in [1.29, 1.82) is 0 Å². The fourth-order valence-corrected chi connectivity index (χ4v) is 11.1. The molecule has 2 saturated heterocycles. The number of esters is 2. The second-order valence-corrected chi connectivity index (χ2v) is 22.1. The maximum Gasteiger partial charge on any atom is 0.309 e. The van der Waals surface area contributed by atoms with E-state index in [0.717, 1.165) is 114 Å². The van der Waals surface area contributed by atoms with Gasteiger partial charge in [-0.05, 0) is 203 Å². The Morgan fingerprint density at radius 3 is 1.41 bits per heavy atom. The second kappa shape index (κ2) is 25.8. The third kappa shape index (κ3) is 15.9. The first-order chi connectivity index (χ1) is 33.1. The summed E-state index contributed by atoms with van der Waals surface area (Å²) in [6, 6.07) is 25.5. The number of aliphatic hydroxyl groups excluding tert-OH is 1. The van der Waals surface area contributed by atoms with Crippen molar-refractivity contribution in [3.63, 3.8) is 0 Å². The predicted octanol–water partition coefficient (Wildman–Crippen LogP) is 13.0. The van der Waals surface area contributed by atoms with Crippen LogP contribution in [-0.2, 0) is 32.2 Å². The van der Waals surface area contributed by atoms with E-state index in [2.05, 4.69) is 106 Å². The van der Waals surface area contributed by atoms with Crippen LogP contribution >= 0.6 is 0 Å². The quantitative estimate of drug-likeness (QED) is 0.0983. The van der Waals surface area contributed by atoms with Crippen molar-refractivity contribution >= 4 is 33.5 Å². The number of hydrogen-bond acceptors (Lipinski definition) is 8. The number of benzene rings is 4. The molecule has 0 unspecified atom stereocenters. The molecule has 4 aromatic carbocycles. The standard InChI is InChI=1S/C30H43NO3.C19H23NO3.C11H22O/c1-5-30(3,4)26-10-13-27(14-11-26)34-28-12-9-24-19-22(7-8-25(24)20-28)21-31-17-15-23(16-18-31)29(32)33-6-2;1-2-23-19(22)15-7-9-20(10-8-15)13-14-3-4-17-12-18(21)6-5-16(17)11-14;1-4-11(2,3)9-5-7-10(12)8-6-9/h7-9,12,19-20,23,26-27H,5-6,10-11,13-18,21H2,1-4H3;3-6,11-12,15,21H,2,7-10,13H2,1H3;9-10,12H,4-8H2,1-3H3/p+1. The summed E-state index contributed by atoms with van der Waals surface area (Å²) in [7, 11) is 0. The van der Waals surface area contributed by atoms with Crippen molar-refractivity contribution in [2.75, 3.05) is 39.4 Å². The highest BCUT2D eigenvalue weighted by molar-refractivity contribution is 5.85. The number of hydrogen-bond donors (Lipinski definition) is 1. The molecule has 4 aliphatic rings. The van der Waals surface area contributed by atoms with Gasteiger partial charge >= 0.3 is 11.9 Å². The van der Waals surface area contributed by atoms with Gasteiger partial charge in [0, 0.05) is 25.2 Å². The van der Waals surface area contributed by atoms with Crippen LogP contribution in [0.4, 0.5) is 0 Å². The minimum Gasteiger partial charge on any atom is -0.593 e. The fourth-order valence-electron chi connectivity index (χ4n) is 11.1. The van der Waals surface area contributed by atoms with E-state index in [9.17, 15) is 14.7 Å². The van der Waals surface area contributed by atoms with Gasteiger partial charge in [-0.1, -0.05) is 84.7 Å². The zero-order valence-corrected chi connectivity index (χ0v) is 43.8. The number of piperidine rings is 2. The Morgan fingerprint density at radius 1 is 0.551 bits per heavy atom. The number of carbonyl (C=O) groups excluding carboxylic acids is 2. The number of nitrogens with zero attached hydrogens (tertiary/aromatic N) is 2. The van der Waals surface area contributed by atoms with E-state index in [1.54, 1.807) is 0 Å².